The van der Waals surface area contributed by atoms with Crippen molar-refractivity contribution in [2.24, 2.45) is 0 Å². The fraction of sp³-hybridized carbons (Fsp3) is 0.609. The zero-order valence-corrected chi connectivity index (χ0v) is 34.8. The molecule has 0 atom stereocenters. The maximum absolute atomic E-state index is 12.9. The lowest BCUT2D eigenvalue weighted by Crippen LogP contribution is -2.46. The highest BCUT2D eigenvalue weighted by Crippen LogP contribution is 2.31. The van der Waals surface area contributed by atoms with E-state index < -0.39 is 6.09 Å². The Morgan fingerprint density at radius 2 is 1.40 bits per heavy atom. The second-order valence-electron chi connectivity index (χ2n) is 15.6. The monoisotopic (exact) mass is 772 g/mol. The Hall–Kier alpha value is -3.56. The number of rotatable bonds is 26. The van der Waals surface area contributed by atoms with Crippen molar-refractivity contribution in [1.82, 2.24) is 14.4 Å². The minimum absolute atomic E-state index is 0.128. The molecule has 3 heterocycles. The molecule has 1 amide bonds. The highest BCUT2D eigenvalue weighted by atomic mass is 32.1. The lowest BCUT2D eigenvalue weighted by Gasteiger charge is -2.36. The molecule has 0 unspecified atom stereocenters. The summed E-state index contributed by atoms with van der Waals surface area (Å²) in [5.74, 6) is 0.718. The maximum atomic E-state index is 12.9. The van der Waals surface area contributed by atoms with E-state index in [0.29, 0.717) is 18.7 Å². The molecule has 0 spiro atoms. The van der Waals surface area contributed by atoms with E-state index in [2.05, 4.69) is 46.4 Å². The van der Waals surface area contributed by atoms with Crippen LogP contribution in [0.2, 0.25) is 0 Å². The van der Waals surface area contributed by atoms with E-state index in [0.717, 1.165) is 69.5 Å². The van der Waals surface area contributed by atoms with Crippen LogP contribution >= 0.6 is 11.3 Å². The predicted octanol–water partition coefficient (Wildman–Crippen LogP) is 11.5. The fourth-order valence-electron chi connectivity index (χ4n) is 7.80. The van der Waals surface area contributed by atoms with Crippen molar-refractivity contribution >= 4 is 44.1 Å². The van der Waals surface area contributed by atoms with Crippen LogP contribution in [0, 0.1) is 0 Å². The standard InChI is InChI=1S/C46H68N4O4S/c1-3-4-5-6-7-8-9-10-11-12-13-14-15-16-17-18-29-47(2)46(52)54-38-50-43-37-40(26-24-39(43)25-27-45(50)51)53-35-20-19-30-48-31-33-49(34-32-48)42-22-21-23-44-41(42)28-36-55-44/h21-28,36-37H,3-20,29-35,38H2,1-2H3. The fourth-order valence-corrected chi connectivity index (χ4v) is 8.61. The van der Waals surface area contributed by atoms with Crippen LogP contribution < -0.4 is 15.2 Å². The molecule has 5 rings (SSSR count). The number of fused-ring (bicyclic) bond motifs is 2. The van der Waals surface area contributed by atoms with Crippen LogP contribution in [0.3, 0.4) is 0 Å². The second-order valence-corrected chi connectivity index (χ2v) is 16.5. The number of hydrogen-bond acceptors (Lipinski definition) is 7. The molecule has 0 bridgehead atoms. The van der Waals surface area contributed by atoms with Gasteiger partial charge in [0.1, 0.15) is 5.75 Å². The third kappa shape index (κ3) is 14.2. The summed E-state index contributed by atoms with van der Waals surface area (Å²) in [6.07, 6.45) is 22.8. The summed E-state index contributed by atoms with van der Waals surface area (Å²) in [5.41, 5.74) is 1.86. The number of nitrogens with zero attached hydrogens (tertiary/aromatic N) is 4. The van der Waals surface area contributed by atoms with Crippen molar-refractivity contribution in [3.8, 4) is 5.75 Å². The van der Waals surface area contributed by atoms with Crippen molar-refractivity contribution in [3.63, 3.8) is 0 Å². The van der Waals surface area contributed by atoms with Crippen molar-refractivity contribution in [2.75, 3.05) is 57.8 Å². The summed E-state index contributed by atoms with van der Waals surface area (Å²) in [4.78, 5) is 32.4. The summed E-state index contributed by atoms with van der Waals surface area (Å²) in [6.45, 7) is 8.73. The predicted molar refractivity (Wildman–Crippen MR) is 232 cm³/mol. The molecule has 0 radical (unpaired) electrons. The quantitative estimate of drug-likeness (QED) is 0.0592. The van der Waals surface area contributed by atoms with Gasteiger partial charge in [0.05, 0.1) is 12.1 Å². The van der Waals surface area contributed by atoms with Gasteiger partial charge in [0.15, 0.2) is 6.73 Å². The molecule has 9 heteroatoms. The average molecular weight is 773 g/mol. The van der Waals surface area contributed by atoms with Crippen LogP contribution in [0.4, 0.5) is 10.5 Å². The normalized spacial score (nSPS) is 13.5. The number of carbonyl (C=O) groups is 1. The van der Waals surface area contributed by atoms with Crippen LogP contribution in [0.5, 0.6) is 5.75 Å². The molecule has 1 saturated heterocycles. The number of aromatic nitrogens is 1. The number of piperazine rings is 1. The lowest BCUT2D eigenvalue weighted by atomic mass is 10.0. The molecule has 1 fully saturated rings. The molecule has 4 aromatic rings. The number of benzene rings is 2. The topological polar surface area (TPSA) is 67.2 Å². The van der Waals surface area contributed by atoms with E-state index >= 15 is 0 Å². The molecule has 2 aromatic heterocycles. The number of hydrogen-bond donors (Lipinski definition) is 0. The first kappa shape index (κ1) is 42.6. The van der Waals surface area contributed by atoms with Crippen LogP contribution in [-0.4, -0.2) is 73.4 Å². The van der Waals surface area contributed by atoms with Gasteiger partial charge < -0.3 is 19.3 Å². The van der Waals surface area contributed by atoms with Gasteiger partial charge in [-0.05, 0) is 73.0 Å². The summed E-state index contributed by atoms with van der Waals surface area (Å²) < 4.78 is 14.6. The minimum Gasteiger partial charge on any atom is -0.494 e. The Bertz CT molecular complexity index is 1750. The van der Waals surface area contributed by atoms with Crippen molar-refractivity contribution in [2.45, 2.75) is 129 Å². The third-order valence-electron chi connectivity index (χ3n) is 11.3. The molecule has 0 aliphatic carbocycles. The van der Waals surface area contributed by atoms with Gasteiger partial charge in [0, 0.05) is 67.7 Å². The summed E-state index contributed by atoms with van der Waals surface area (Å²) in [7, 11) is 1.78. The van der Waals surface area contributed by atoms with Crippen LogP contribution in [0.25, 0.3) is 21.0 Å². The van der Waals surface area contributed by atoms with Gasteiger partial charge in [0.25, 0.3) is 5.56 Å². The van der Waals surface area contributed by atoms with Gasteiger partial charge in [-0.1, -0.05) is 109 Å². The first-order chi connectivity index (χ1) is 27.0. The van der Waals surface area contributed by atoms with Gasteiger partial charge in [-0.15, -0.1) is 11.3 Å². The van der Waals surface area contributed by atoms with E-state index in [9.17, 15) is 9.59 Å². The van der Waals surface area contributed by atoms with E-state index in [4.69, 9.17) is 9.47 Å². The molecule has 302 valence electrons. The molecule has 55 heavy (non-hydrogen) atoms. The number of ether oxygens (including phenoxy) is 2. The second kappa shape index (κ2) is 24.2. The molecule has 0 N–H and O–H groups in total. The van der Waals surface area contributed by atoms with Crippen LogP contribution in [0.15, 0.2) is 64.8 Å². The Kier molecular flexibility index (Phi) is 18.7. The number of carbonyl (C=O) groups excluding carboxylic acids is 1. The molecular formula is C46H68N4O4S. The maximum Gasteiger partial charge on any atom is 0.411 e. The number of unbranched alkanes of at least 4 members (excludes halogenated alkanes) is 16. The Balaban J connectivity index is 0.922. The Labute approximate surface area is 334 Å². The SMILES string of the molecule is CCCCCCCCCCCCCCCCCCN(C)C(=O)OCn1c(=O)ccc2ccc(OCCCCN3CCN(c4cccc5sccc45)CC3)cc21. The zero-order chi connectivity index (χ0) is 38.5. The molecular weight excluding hydrogens is 705 g/mol. The van der Waals surface area contributed by atoms with Gasteiger partial charge in [-0.2, -0.15) is 0 Å². The molecule has 0 saturated carbocycles. The number of thiophene rings is 1. The number of pyridine rings is 1. The molecule has 2 aromatic carbocycles. The highest BCUT2D eigenvalue weighted by molar-refractivity contribution is 7.17. The minimum atomic E-state index is -0.404. The smallest absolute Gasteiger partial charge is 0.411 e. The van der Waals surface area contributed by atoms with E-state index in [1.807, 2.05) is 35.6 Å². The average Bonchev–Trinajstić information content (AvgIpc) is 3.70. The third-order valence-corrected chi connectivity index (χ3v) is 12.1. The Morgan fingerprint density at radius 1 is 0.745 bits per heavy atom. The zero-order valence-electron chi connectivity index (χ0n) is 34.0. The van der Waals surface area contributed by atoms with Gasteiger partial charge in [0.2, 0.25) is 0 Å². The molecule has 8 nitrogen and oxygen atoms in total. The van der Waals surface area contributed by atoms with E-state index in [-0.39, 0.29) is 12.3 Å². The van der Waals surface area contributed by atoms with Crippen molar-refractivity contribution in [1.29, 1.82) is 0 Å². The van der Waals surface area contributed by atoms with Gasteiger partial charge in [-0.3, -0.25) is 14.3 Å². The highest BCUT2D eigenvalue weighted by Gasteiger charge is 2.19. The first-order valence-corrected chi connectivity index (χ1v) is 22.5. The first-order valence-electron chi connectivity index (χ1n) is 21.6. The number of anilines is 1. The summed E-state index contributed by atoms with van der Waals surface area (Å²) >= 11 is 1.81. The molecule has 1 aliphatic rings. The van der Waals surface area contributed by atoms with E-state index in [1.54, 1.807) is 11.9 Å². The Morgan fingerprint density at radius 3 is 2.09 bits per heavy atom. The van der Waals surface area contributed by atoms with Crippen molar-refractivity contribution < 1.29 is 14.3 Å². The summed E-state index contributed by atoms with van der Waals surface area (Å²) in [6, 6.07) is 18.0. The number of amides is 1. The lowest BCUT2D eigenvalue weighted by molar-refractivity contribution is 0.0827. The summed E-state index contributed by atoms with van der Waals surface area (Å²) in [5, 5.41) is 4.45. The van der Waals surface area contributed by atoms with Crippen LogP contribution in [-0.2, 0) is 11.5 Å². The van der Waals surface area contributed by atoms with Gasteiger partial charge >= 0.3 is 6.09 Å². The van der Waals surface area contributed by atoms with Crippen LogP contribution in [0.1, 0.15) is 122 Å². The van der Waals surface area contributed by atoms with E-state index in [1.165, 1.54) is 116 Å². The van der Waals surface area contributed by atoms with Gasteiger partial charge in [-0.25, -0.2) is 4.79 Å². The largest absolute Gasteiger partial charge is 0.494 e. The van der Waals surface area contributed by atoms with Crippen molar-refractivity contribution in [3.05, 3.63) is 70.3 Å². The molecule has 1 aliphatic heterocycles.